The summed E-state index contributed by atoms with van der Waals surface area (Å²) in [5.74, 6) is 1.84. The Morgan fingerprint density at radius 3 is 2.31 bits per heavy atom. The summed E-state index contributed by atoms with van der Waals surface area (Å²) in [5, 5.41) is 0.562. The first-order chi connectivity index (χ1) is 15.1. The number of aromatic nitrogens is 1. The summed E-state index contributed by atoms with van der Waals surface area (Å²) >= 11 is 1.26. The number of hydrogen-bond acceptors (Lipinski definition) is 5. The van der Waals surface area contributed by atoms with E-state index in [1.165, 1.54) is 48.8 Å². The maximum absolute atomic E-state index is 14.0. The standard InChI is InChI=1S/C23H28F3N3O2S/c1-28(2)5-6-29(20(30)22-11-14-7-15(12-22)9-16(8-14)13-22)21-27-18-4-3-17(10-19(18)32-21)31-23(24,25)26/h3-4,10,14-16H,5-9,11-13H2,1-2H3. The number of nitrogens with zero attached hydrogens (tertiary/aromatic N) is 3. The van der Waals surface area contributed by atoms with Gasteiger partial charge in [-0.1, -0.05) is 11.3 Å². The van der Waals surface area contributed by atoms with Gasteiger partial charge in [0.2, 0.25) is 5.91 Å². The van der Waals surface area contributed by atoms with Gasteiger partial charge in [0.25, 0.3) is 0 Å². The van der Waals surface area contributed by atoms with Crippen molar-refractivity contribution in [3.05, 3.63) is 18.2 Å². The highest BCUT2D eigenvalue weighted by atomic mass is 32.1. The molecule has 1 aromatic carbocycles. The van der Waals surface area contributed by atoms with Gasteiger partial charge in [-0.15, -0.1) is 13.2 Å². The molecule has 6 rings (SSSR count). The second kappa shape index (κ2) is 7.87. The molecule has 4 saturated carbocycles. The molecule has 0 spiro atoms. The van der Waals surface area contributed by atoms with E-state index < -0.39 is 6.36 Å². The van der Waals surface area contributed by atoms with Crippen LogP contribution in [0.25, 0.3) is 10.2 Å². The summed E-state index contributed by atoms with van der Waals surface area (Å²) in [7, 11) is 3.93. The fraction of sp³-hybridized carbons (Fsp3) is 0.652. The average Bonchev–Trinajstić information content (AvgIpc) is 3.08. The highest BCUT2D eigenvalue weighted by Gasteiger charge is 2.56. The van der Waals surface area contributed by atoms with Crippen molar-refractivity contribution < 1.29 is 22.7 Å². The van der Waals surface area contributed by atoms with Crippen molar-refractivity contribution in [3.8, 4) is 5.75 Å². The lowest BCUT2D eigenvalue weighted by Crippen LogP contribution is -2.55. The van der Waals surface area contributed by atoms with Gasteiger partial charge in [0, 0.05) is 19.2 Å². The zero-order valence-corrected chi connectivity index (χ0v) is 19.1. The Balaban J connectivity index is 1.46. The summed E-state index contributed by atoms with van der Waals surface area (Å²) in [6.45, 7) is 1.20. The molecular formula is C23H28F3N3O2S. The van der Waals surface area contributed by atoms with Gasteiger partial charge in [0.1, 0.15) is 5.75 Å². The molecule has 5 nitrogen and oxygen atoms in total. The minimum atomic E-state index is -4.74. The lowest BCUT2D eigenvalue weighted by atomic mass is 9.49. The quantitative estimate of drug-likeness (QED) is 0.578. The van der Waals surface area contributed by atoms with Crippen LogP contribution in [0.3, 0.4) is 0 Å². The molecule has 2 aromatic rings. The predicted octanol–water partition coefficient (Wildman–Crippen LogP) is 5.31. The van der Waals surface area contributed by atoms with E-state index in [0.29, 0.717) is 46.2 Å². The molecule has 1 aromatic heterocycles. The van der Waals surface area contributed by atoms with E-state index in [9.17, 15) is 18.0 Å². The molecule has 0 unspecified atom stereocenters. The molecule has 4 aliphatic carbocycles. The van der Waals surface area contributed by atoms with E-state index in [-0.39, 0.29) is 17.1 Å². The molecule has 4 aliphatic rings. The van der Waals surface area contributed by atoms with Crippen molar-refractivity contribution in [2.45, 2.75) is 44.9 Å². The number of anilines is 1. The lowest BCUT2D eigenvalue weighted by molar-refractivity contribution is -0.274. The number of halogens is 3. The summed E-state index contributed by atoms with van der Waals surface area (Å²) in [6.07, 6.45) is 1.92. The fourth-order valence-corrected chi connectivity index (χ4v) is 7.47. The summed E-state index contributed by atoms with van der Waals surface area (Å²) in [4.78, 5) is 22.5. The molecular weight excluding hydrogens is 439 g/mol. The van der Waals surface area contributed by atoms with E-state index in [1.807, 2.05) is 23.9 Å². The number of fused-ring (bicyclic) bond motifs is 1. The van der Waals surface area contributed by atoms with E-state index in [0.717, 1.165) is 19.3 Å². The summed E-state index contributed by atoms with van der Waals surface area (Å²) < 4.78 is 42.5. The van der Waals surface area contributed by atoms with E-state index >= 15 is 0 Å². The third-order valence-electron chi connectivity index (χ3n) is 7.32. The minimum absolute atomic E-state index is 0.157. The van der Waals surface area contributed by atoms with Crippen LogP contribution in [-0.2, 0) is 4.79 Å². The van der Waals surface area contributed by atoms with E-state index in [1.54, 1.807) is 0 Å². The van der Waals surface area contributed by atoms with Gasteiger partial charge in [0.05, 0.1) is 15.6 Å². The van der Waals surface area contributed by atoms with Crippen LogP contribution in [-0.4, -0.2) is 49.3 Å². The van der Waals surface area contributed by atoms with Gasteiger partial charge in [0.15, 0.2) is 5.13 Å². The number of benzene rings is 1. The monoisotopic (exact) mass is 467 g/mol. The minimum Gasteiger partial charge on any atom is -0.406 e. The Hall–Kier alpha value is -1.87. The Labute approximate surface area is 189 Å². The van der Waals surface area contributed by atoms with Crippen molar-refractivity contribution in [1.29, 1.82) is 0 Å². The Morgan fingerprint density at radius 1 is 1.12 bits per heavy atom. The highest BCUT2D eigenvalue weighted by molar-refractivity contribution is 7.22. The normalized spacial score (nSPS) is 29.1. The Kier molecular flexibility index (Phi) is 5.40. The van der Waals surface area contributed by atoms with Gasteiger partial charge < -0.3 is 9.64 Å². The van der Waals surface area contributed by atoms with Crippen LogP contribution < -0.4 is 9.64 Å². The molecule has 174 valence electrons. The fourth-order valence-electron chi connectivity index (χ4n) is 6.45. The van der Waals surface area contributed by atoms with E-state index in [2.05, 4.69) is 9.72 Å². The maximum atomic E-state index is 14.0. The molecule has 1 heterocycles. The number of ether oxygens (including phenoxy) is 1. The molecule has 0 N–H and O–H groups in total. The number of hydrogen-bond donors (Lipinski definition) is 0. The SMILES string of the molecule is CN(C)CCN(C(=O)C12CC3CC(CC(C3)C1)C2)c1nc2ccc(OC(F)(F)F)cc2s1. The third kappa shape index (κ3) is 4.21. The second-order valence-corrected chi connectivity index (χ2v) is 11.1. The number of carbonyl (C=O) groups excluding carboxylic acids is 1. The second-order valence-electron chi connectivity index (χ2n) is 10.1. The molecule has 0 atom stereocenters. The first kappa shape index (κ1) is 21.9. The van der Waals surface area contributed by atoms with Crippen LogP contribution in [0.15, 0.2) is 18.2 Å². The van der Waals surface area contributed by atoms with Crippen LogP contribution in [0.2, 0.25) is 0 Å². The number of likely N-dealkylation sites (N-methyl/N-ethyl adjacent to an activating group) is 1. The largest absolute Gasteiger partial charge is 0.573 e. The first-order valence-corrected chi connectivity index (χ1v) is 12.0. The number of rotatable bonds is 6. The van der Waals surface area contributed by atoms with Crippen LogP contribution >= 0.6 is 11.3 Å². The van der Waals surface area contributed by atoms with Gasteiger partial charge >= 0.3 is 6.36 Å². The van der Waals surface area contributed by atoms with Crippen LogP contribution in [0.4, 0.5) is 18.3 Å². The summed E-state index contributed by atoms with van der Waals surface area (Å²) in [5.41, 5.74) is 0.274. The zero-order chi connectivity index (χ0) is 22.7. The van der Waals surface area contributed by atoms with Gasteiger partial charge in [-0.2, -0.15) is 0 Å². The highest BCUT2D eigenvalue weighted by Crippen LogP contribution is 2.60. The number of carbonyl (C=O) groups is 1. The lowest BCUT2D eigenvalue weighted by Gasteiger charge is -2.56. The molecule has 9 heteroatoms. The number of alkyl halides is 3. The third-order valence-corrected chi connectivity index (χ3v) is 8.36. The van der Waals surface area contributed by atoms with Gasteiger partial charge in [-0.05, 0) is 82.5 Å². The van der Waals surface area contributed by atoms with Crippen LogP contribution in [0, 0.1) is 23.2 Å². The Bertz CT molecular complexity index is 984. The van der Waals surface area contributed by atoms with Crippen molar-refractivity contribution in [2.75, 3.05) is 32.1 Å². The molecule has 4 fully saturated rings. The van der Waals surface area contributed by atoms with E-state index in [4.69, 9.17) is 0 Å². The number of amides is 1. The van der Waals surface area contributed by atoms with Crippen LogP contribution in [0.5, 0.6) is 5.75 Å². The molecule has 0 aliphatic heterocycles. The maximum Gasteiger partial charge on any atom is 0.573 e. The van der Waals surface area contributed by atoms with Crippen molar-refractivity contribution >= 4 is 32.6 Å². The summed E-state index contributed by atoms with van der Waals surface area (Å²) in [6, 6.07) is 4.14. The molecule has 1 amide bonds. The topological polar surface area (TPSA) is 45.7 Å². The zero-order valence-electron chi connectivity index (χ0n) is 18.3. The van der Waals surface area contributed by atoms with Crippen molar-refractivity contribution in [1.82, 2.24) is 9.88 Å². The number of thiazole rings is 1. The molecule has 0 saturated heterocycles. The average molecular weight is 468 g/mol. The first-order valence-electron chi connectivity index (χ1n) is 11.2. The van der Waals surface area contributed by atoms with Gasteiger partial charge in [-0.25, -0.2) is 4.98 Å². The smallest absolute Gasteiger partial charge is 0.406 e. The molecule has 0 radical (unpaired) electrons. The van der Waals surface area contributed by atoms with Crippen molar-refractivity contribution in [3.63, 3.8) is 0 Å². The van der Waals surface area contributed by atoms with Gasteiger partial charge in [-0.3, -0.25) is 9.69 Å². The van der Waals surface area contributed by atoms with Crippen LogP contribution in [0.1, 0.15) is 38.5 Å². The molecule has 4 bridgehead atoms. The molecule has 32 heavy (non-hydrogen) atoms. The van der Waals surface area contributed by atoms with Crippen molar-refractivity contribution in [2.24, 2.45) is 23.2 Å². The predicted molar refractivity (Wildman–Crippen MR) is 118 cm³/mol. The Morgan fingerprint density at radius 2 is 1.75 bits per heavy atom.